The zero-order valence-corrected chi connectivity index (χ0v) is 8.54. The van der Waals surface area contributed by atoms with Gasteiger partial charge in [0.1, 0.15) is 18.1 Å². The van der Waals surface area contributed by atoms with Crippen LogP contribution in [0, 0.1) is 0 Å². The molecule has 1 aromatic carbocycles. The van der Waals surface area contributed by atoms with Crippen molar-refractivity contribution in [1.29, 1.82) is 0 Å². The van der Waals surface area contributed by atoms with Gasteiger partial charge in [-0.25, -0.2) is 0 Å². The smallest absolute Gasteiger partial charge is 0.127 e. The Morgan fingerprint density at radius 1 is 1.50 bits per heavy atom. The summed E-state index contributed by atoms with van der Waals surface area (Å²) in [5, 5.41) is 3.37. The summed E-state index contributed by atoms with van der Waals surface area (Å²) in [6, 6.07) is 6.31. The Morgan fingerprint density at radius 2 is 2.36 bits per heavy atom. The normalized spacial score (nSPS) is 20.6. The number of fused-ring (bicyclic) bond motifs is 1. The Labute approximate surface area is 84.0 Å². The maximum atomic E-state index is 5.62. The molecule has 0 bridgehead atoms. The van der Waals surface area contributed by atoms with Gasteiger partial charge in [0.25, 0.3) is 0 Å². The molecule has 0 saturated heterocycles. The van der Waals surface area contributed by atoms with E-state index < -0.39 is 0 Å². The molecule has 0 saturated carbocycles. The number of ether oxygens (including phenoxy) is 2. The quantitative estimate of drug-likeness (QED) is 0.737. The van der Waals surface area contributed by atoms with E-state index in [4.69, 9.17) is 9.47 Å². The van der Waals surface area contributed by atoms with Crippen LogP contribution >= 0.6 is 0 Å². The Kier molecular flexibility index (Phi) is 2.59. The number of hydrogen-bond donors (Lipinski definition) is 1. The molecule has 1 aromatic rings. The molecule has 0 fully saturated rings. The molecular formula is C11H15NO2. The van der Waals surface area contributed by atoms with Gasteiger partial charge in [-0.2, -0.15) is 0 Å². The Hall–Kier alpha value is -1.22. The molecule has 0 aromatic heterocycles. The molecule has 1 aliphatic heterocycles. The van der Waals surface area contributed by atoms with E-state index in [0.717, 1.165) is 18.0 Å². The van der Waals surface area contributed by atoms with Crippen LogP contribution in [0.1, 0.15) is 18.5 Å². The maximum Gasteiger partial charge on any atom is 0.127 e. The maximum absolute atomic E-state index is 5.62. The minimum absolute atomic E-state index is 0.346. The van der Waals surface area contributed by atoms with Crippen LogP contribution in [-0.2, 0) is 0 Å². The van der Waals surface area contributed by atoms with E-state index in [1.54, 1.807) is 7.11 Å². The van der Waals surface area contributed by atoms with Crippen LogP contribution in [0.3, 0.4) is 0 Å². The van der Waals surface area contributed by atoms with Crippen molar-refractivity contribution >= 4 is 0 Å². The third kappa shape index (κ3) is 1.68. The lowest BCUT2D eigenvalue weighted by Crippen LogP contribution is -2.20. The molecule has 0 spiro atoms. The monoisotopic (exact) mass is 193 g/mol. The van der Waals surface area contributed by atoms with Gasteiger partial charge in [0.15, 0.2) is 0 Å². The molecule has 3 nitrogen and oxygen atoms in total. The van der Waals surface area contributed by atoms with E-state index in [1.807, 2.05) is 12.1 Å². The highest BCUT2D eigenvalue weighted by Crippen LogP contribution is 2.30. The first-order valence-electron chi connectivity index (χ1n) is 4.85. The molecule has 1 aliphatic rings. The minimum Gasteiger partial charge on any atom is -0.497 e. The molecule has 1 atom stereocenters. The number of rotatable bonds is 1. The van der Waals surface area contributed by atoms with Gasteiger partial charge in [0, 0.05) is 24.2 Å². The van der Waals surface area contributed by atoms with Gasteiger partial charge in [-0.15, -0.1) is 0 Å². The van der Waals surface area contributed by atoms with Gasteiger partial charge < -0.3 is 14.8 Å². The number of nitrogens with one attached hydrogen (secondary N) is 1. The Bertz CT molecular complexity index is 325. The summed E-state index contributed by atoms with van der Waals surface area (Å²) < 4.78 is 10.8. The first kappa shape index (κ1) is 9.34. The fourth-order valence-electron chi connectivity index (χ4n) is 1.67. The second-order valence-corrected chi connectivity index (χ2v) is 3.43. The summed E-state index contributed by atoms with van der Waals surface area (Å²) in [5.41, 5.74) is 1.20. The minimum atomic E-state index is 0.346. The zero-order valence-electron chi connectivity index (χ0n) is 8.54. The lowest BCUT2D eigenvalue weighted by Gasteiger charge is -2.12. The van der Waals surface area contributed by atoms with Crippen molar-refractivity contribution in [2.45, 2.75) is 13.0 Å². The van der Waals surface area contributed by atoms with Crippen molar-refractivity contribution in [3.05, 3.63) is 23.8 Å². The van der Waals surface area contributed by atoms with Crippen LogP contribution in [0.15, 0.2) is 18.2 Å². The molecule has 1 heterocycles. The third-order valence-corrected chi connectivity index (χ3v) is 2.50. The van der Waals surface area contributed by atoms with E-state index in [2.05, 4.69) is 18.3 Å². The van der Waals surface area contributed by atoms with Crippen molar-refractivity contribution in [2.75, 3.05) is 20.3 Å². The summed E-state index contributed by atoms with van der Waals surface area (Å²) in [6.45, 7) is 3.74. The predicted molar refractivity (Wildman–Crippen MR) is 54.9 cm³/mol. The first-order valence-corrected chi connectivity index (χ1v) is 4.85. The summed E-state index contributed by atoms with van der Waals surface area (Å²) in [5.74, 6) is 1.78. The van der Waals surface area contributed by atoms with Crippen molar-refractivity contribution in [3.8, 4) is 11.5 Å². The van der Waals surface area contributed by atoms with Gasteiger partial charge >= 0.3 is 0 Å². The van der Waals surface area contributed by atoms with Gasteiger partial charge in [-0.3, -0.25) is 0 Å². The third-order valence-electron chi connectivity index (χ3n) is 2.50. The van der Waals surface area contributed by atoms with Crippen molar-refractivity contribution in [3.63, 3.8) is 0 Å². The average Bonchev–Trinajstić information content (AvgIpc) is 2.40. The first-order chi connectivity index (χ1) is 6.81. The lowest BCUT2D eigenvalue weighted by molar-refractivity contribution is 0.322. The highest BCUT2D eigenvalue weighted by Gasteiger charge is 2.15. The standard InChI is InChI=1S/C11H15NO2/c1-8-10-4-3-9(13-2)7-11(10)14-6-5-12-8/h3-4,7-8,12H,5-6H2,1-2H3. The Morgan fingerprint density at radius 3 is 3.14 bits per heavy atom. The van der Waals surface area contributed by atoms with Crippen molar-refractivity contribution in [2.24, 2.45) is 0 Å². The second-order valence-electron chi connectivity index (χ2n) is 3.43. The summed E-state index contributed by atoms with van der Waals surface area (Å²) in [4.78, 5) is 0. The molecule has 1 unspecified atom stereocenters. The molecule has 2 rings (SSSR count). The van der Waals surface area contributed by atoms with E-state index in [1.165, 1.54) is 5.56 Å². The zero-order chi connectivity index (χ0) is 9.97. The number of hydrogen-bond acceptors (Lipinski definition) is 3. The summed E-state index contributed by atoms with van der Waals surface area (Å²) in [6.07, 6.45) is 0. The van der Waals surface area contributed by atoms with E-state index in [-0.39, 0.29) is 0 Å². The molecule has 0 radical (unpaired) electrons. The van der Waals surface area contributed by atoms with Crippen LogP contribution in [-0.4, -0.2) is 20.3 Å². The molecular weight excluding hydrogens is 178 g/mol. The Balaban J connectivity index is 2.38. The summed E-state index contributed by atoms with van der Waals surface area (Å²) in [7, 11) is 1.67. The molecule has 14 heavy (non-hydrogen) atoms. The molecule has 0 aliphatic carbocycles. The second kappa shape index (κ2) is 3.88. The van der Waals surface area contributed by atoms with Gasteiger partial charge in [0.05, 0.1) is 7.11 Å². The van der Waals surface area contributed by atoms with E-state index in [0.29, 0.717) is 12.6 Å². The van der Waals surface area contributed by atoms with Crippen molar-refractivity contribution < 1.29 is 9.47 Å². The molecule has 0 amide bonds. The van der Waals surface area contributed by atoms with Crippen LogP contribution in [0.4, 0.5) is 0 Å². The van der Waals surface area contributed by atoms with Gasteiger partial charge in [-0.1, -0.05) is 6.07 Å². The van der Waals surface area contributed by atoms with Crippen LogP contribution in [0.2, 0.25) is 0 Å². The van der Waals surface area contributed by atoms with E-state index in [9.17, 15) is 0 Å². The van der Waals surface area contributed by atoms with Crippen LogP contribution in [0.25, 0.3) is 0 Å². The molecule has 3 heteroatoms. The average molecular weight is 193 g/mol. The SMILES string of the molecule is COc1ccc2c(c1)OCCNC2C. The van der Waals surface area contributed by atoms with Crippen LogP contribution in [0.5, 0.6) is 11.5 Å². The van der Waals surface area contributed by atoms with Crippen LogP contribution < -0.4 is 14.8 Å². The van der Waals surface area contributed by atoms with E-state index >= 15 is 0 Å². The predicted octanol–water partition coefficient (Wildman–Crippen LogP) is 1.74. The number of methoxy groups -OCH3 is 1. The fraction of sp³-hybridized carbons (Fsp3) is 0.455. The largest absolute Gasteiger partial charge is 0.497 e. The highest BCUT2D eigenvalue weighted by molar-refractivity contribution is 5.42. The van der Waals surface area contributed by atoms with Crippen molar-refractivity contribution in [1.82, 2.24) is 5.32 Å². The fourth-order valence-corrected chi connectivity index (χ4v) is 1.67. The summed E-state index contributed by atoms with van der Waals surface area (Å²) >= 11 is 0. The highest BCUT2D eigenvalue weighted by atomic mass is 16.5. The molecule has 1 N–H and O–H groups in total. The van der Waals surface area contributed by atoms with Gasteiger partial charge in [0.2, 0.25) is 0 Å². The molecule has 76 valence electrons. The lowest BCUT2D eigenvalue weighted by atomic mass is 10.1. The number of benzene rings is 1. The van der Waals surface area contributed by atoms with Gasteiger partial charge in [-0.05, 0) is 13.0 Å². The topological polar surface area (TPSA) is 30.5 Å².